The van der Waals surface area contributed by atoms with Crippen LogP contribution in [0.5, 0.6) is 0 Å². The molecule has 0 bridgehead atoms. The van der Waals surface area contributed by atoms with E-state index in [1.165, 1.54) is 6.08 Å². The number of rotatable bonds is 4. The molecule has 1 amide bonds. The van der Waals surface area contributed by atoms with E-state index in [2.05, 4.69) is 9.97 Å². The van der Waals surface area contributed by atoms with Crippen molar-refractivity contribution in [3.05, 3.63) is 58.1 Å². The highest BCUT2D eigenvalue weighted by molar-refractivity contribution is 6.42. The molecule has 2 aromatic rings. The Kier molecular flexibility index (Phi) is 4.82. The van der Waals surface area contributed by atoms with Crippen molar-refractivity contribution in [1.82, 2.24) is 14.9 Å². The summed E-state index contributed by atoms with van der Waals surface area (Å²) in [6.07, 6.45) is 6.47. The number of imidazole rings is 1. The molecule has 2 rings (SSSR count). The number of benzene rings is 1. The van der Waals surface area contributed by atoms with Gasteiger partial charge >= 0.3 is 0 Å². The lowest BCUT2D eigenvalue weighted by molar-refractivity contribution is -0.125. The lowest BCUT2D eigenvalue weighted by Gasteiger charge is -2.13. The summed E-state index contributed by atoms with van der Waals surface area (Å²) in [4.78, 5) is 20.5. The first kappa shape index (κ1) is 14.6. The monoisotopic (exact) mass is 309 g/mol. The average Bonchev–Trinajstić information content (AvgIpc) is 2.93. The highest BCUT2D eigenvalue weighted by Gasteiger charge is 2.07. The summed E-state index contributed by atoms with van der Waals surface area (Å²) in [7, 11) is 1.70. The number of aromatic amines is 1. The fraction of sp³-hybridized carbons (Fsp3) is 0.143. The van der Waals surface area contributed by atoms with Crippen molar-refractivity contribution in [2.45, 2.75) is 6.54 Å². The lowest BCUT2D eigenvalue weighted by Crippen LogP contribution is -2.24. The normalized spacial score (nSPS) is 10.9. The zero-order chi connectivity index (χ0) is 14.5. The SMILES string of the molecule is CN(Cc1ncc[nH]1)C(=O)C=Cc1cccc(Cl)c1Cl. The van der Waals surface area contributed by atoms with Gasteiger partial charge in [0.05, 0.1) is 16.6 Å². The van der Waals surface area contributed by atoms with Gasteiger partial charge < -0.3 is 9.88 Å². The molecule has 4 nitrogen and oxygen atoms in total. The van der Waals surface area contributed by atoms with E-state index in [4.69, 9.17) is 23.2 Å². The number of carbonyl (C=O) groups is 1. The molecule has 1 aromatic carbocycles. The molecule has 6 heteroatoms. The molecule has 104 valence electrons. The van der Waals surface area contributed by atoms with Crippen LogP contribution in [-0.4, -0.2) is 27.8 Å². The van der Waals surface area contributed by atoms with Gasteiger partial charge in [0, 0.05) is 25.5 Å². The van der Waals surface area contributed by atoms with Crippen LogP contribution in [0, 0.1) is 0 Å². The first-order valence-corrected chi connectivity index (χ1v) is 6.69. The first-order chi connectivity index (χ1) is 9.58. The molecule has 0 fully saturated rings. The summed E-state index contributed by atoms with van der Waals surface area (Å²) in [5.41, 5.74) is 0.707. The number of nitrogens with zero attached hydrogens (tertiary/aromatic N) is 2. The van der Waals surface area contributed by atoms with Gasteiger partial charge in [-0.15, -0.1) is 0 Å². The quantitative estimate of drug-likeness (QED) is 0.880. The fourth-order valence-corrected chi connectivity index (χ4v) is 2.00. The van der Waals surface area contributed by atoms with E-state index < -0.39 is 0 Å². The number of carbonyl (C=O) groups excluding carboxylic acids is 1. The number of amides is 1. The third-order valence-corrected chi connectivity index (χ3v) is 3.54. The Balaban J connectivity index is 2.03. The van der Waals surface area contributed by atoms with E-state index in [0.29, 0.717) is 22.2 Å². The Labute approximate surface area is 127 Å². The number of likely N-dealkylation sites (N-methyl/N-ethyl adjacent to an activating group) is 1. The van der Waals surface area contributed by atoms with Crippen LogP contribution in [-0.2, 0) is 11.3 Å². The van der Waals surface area contributed by atoms with Crippen molar-refractivity contribution in [1.29, 1.82) is 0 Å². The Hall–Kier alpha value is -1.78. The maximum absolute atomic E-state index is 12.0. The predicted octanol–water partition coefficient (Wildman–Crippen LogP) is 3.39. The zero-order valence-corrected chi connectivity index (χ0v) is 12.3. The average molecular weight is 310 g/mol. The van der Waals surface area contributed by atoms with Gasteiger partial charge in [0.2, 0.25) is 5.91 Å². The molecule has 0 unspecified atom stereocenters. The topological polar surface area (TPSA) is 49.0 Å². The Morgan fingerprint density at radius 3 is 2.95 bits per heavy atom. The summed E-state index contributed by atoms with van der Waals surface area (Å²) in [6.45, 7) is 0.416. The van der Waals surface area contributed by atoms with Crippen molar-refractivity contribution in [2.75, 3.05) is 7.05 Å². The van der Waals surface area contributed by atoms with Crippen LogP contribution in [0.2, 0.25) is 10.0 Å². The van der Waals surface area contributed by atoms with Crippen LogP contribution in [0.3, 0.4) is 0 Å². The molecule has 0 radical (unpaired) electrons. The predicted molar refractivity (Wildman–Crippen MR) is 80.6 cm³/mol. The van der Waals surface area contributed by atoms with Gasteiger partial charge in [-0.1, -0.05) is 35.3 Å². The lowest BCUT2D eigenvalue weighted by atomic mass is 10.2. The molecule has 0 atom stereocenters. The van der Waals surface area contributed by atoms with Crippen molar-refractivity contribution >= 4 is 35.2 Å². The summed E-state index contributed by atoms with van der Waals surface area (Å²) >= 11 is 12.0. The molecule has 0 aliphatic rings. The molecule has 0 spiro atoms. The minimum atomic E-state index is -0.141. The van der Waals surface area contributed by atoms with Crippen molar-refractivity contribution < 1.29 is 4.79 Å². The van der Waals surface area contributed by atoms with Crippen molar-refractivity contribution in [3.8, 4) is 0 Å². The van der Waals surface area contributed by atoms with Gasteiger partial charge in [0.25, 0.3) is 0 Å². The number of hydrogen-bond acceptors (Lipinski definition) is 2. The molecule has 0 aliphatic carbocycles. The van der Waals surface area contributed by atoms with Gasteiger partial charge in [-0.2, -0.15) is 0 Å². The van der Waals surface area contributed by atoms with Gasteiger partial charge in [-0.25, -0.2) is 4.98 Å². The van der Waals surface area contributed by atoms with Crippen molar-refractivity contribution in [2.24, 2.45) is 0 Å². The van der Waals surface area contributed by atoms with Gasteiger partial charge in [-0.3, -0.25) is 4.79 Å². The molecule has 1 N–H and O–H groups in total. The smallest absolute Gasteiger partial charge is 0.246 e. The summed E-state index contributed by atoms with van der Waals surface area (Å²) in [6, 6.07) is 5.28. The maximum Gasteiger partial charge on any atom is 0.246 e. The van der Waals surface area contributed by atoms with E-state index in [-0.39, 0.29) is 5.91 Å². The Bertz CT molecular complexity index is 623. The molecular weight excluding hydrogens is 297 g/mol. The number of nitrogens with one attached hydrogen (secondary N) is 1. The minimum Gasteiger partial charge on any atom is -0.347 e. The Morgan fingerprint density at radius 1 is 1.45 bits per heavy atom. The maximum atomic E-state index is 12.0. The zero-order valence-electron chi connectivity index (χ0n) is 10.8. The highest BCUT2D eigenvalue weighted by Crippen LogP contribution is 2.26. The van der Waals surface area contributed by atoms with E-state index in [9.17, 15) is 4.79 Å². The first-order valence-electron chi connectivity index (χ1n) is 5.93. The van der Waals surface area contributed by atoms with Crippen LogP contribution in [0.25, 0.3) is 6.08 Å². The van der Waals surface area contributed by atoms with E-state index in [0.717, 1.165) is 5.82 Å². The summed E-state index contributed by atoms with van der Waals surface area (Å²) < 4.78 is 0. The number of halogens is 2. The third kappa shape index (κ3) is 3.62. The van der Waals surface area contributed by atoms with Crippen LogP contribution >= 0.6 is 23.2 Å². The molecule has 0 aliphatic heterocycles. The van der Waals surface area contributed by atoms with Crippen LogP contribution in [0.4, 0.5) is 0 Å². The molecule has 1 aromatic heterocycles. The second-order valence-electron chi connectivity index (χ2n) is 4.21. The molecule has 0 saturated carbocycles. The Morgan fingerprint density at radius 2 is 2.25 bits per heavy atom. The van der Waals surface area contributed by atoms with Gasteiger partial charge in [0.15, 0.2) is 0 Å². The fourth-order valence-electron chi connectivity index (χ4n) is 1.62. The molecule has 20 heavy (non-hydrogen) atoms. The number of aromatic nitrogens is 2. The van der Waals surface area contributed by atoms with E-state index in [1.54, 1.807) is 48.6 Å². The van der Waals surface area contributed by atoms with Gasteiger partial charge in [0.1, 0.15) is 5.82 Å². The van der Waals surface area contributed by atoms with Crippen LogP contribution in [0.15, 0.2) is 36.7 Å². The second-order valence-corrected chi connectivity index (χ2v) is 4.99. The van der Waals surface area contributed by atoms with Gasteiger partial charge in [-0.05, 0) is 17.7 Å². The number of hydrogen-bond donors (Lipinski definition) is 1. The number of H-pyrrole nitrogens is 1. The standard InChI is InChI=1S/C14H13Cl2N3O/c1-19(9-12-17-7-8-18-12)13(20)6-5-10-3-2-4-11(15)14(10)16/h2-8H,9H2,1H3,(H,17,18). The minimum absolute atomic E-state index is 0.141. The van der Waals surface area contributed by atoms with E-state index >= 15 is 0 Å². The molecule has 0 saturated heterocycles. The van der Waals surface area contributed by atoms with Crippen LogP contribution < -0.4 is 0 Å². The largest absolute Gasteiger partial charge is 0.347 e. The van der Waals surface area contributed by atoms with Crippen molar-refractivity contribution in [3.63, 3.8) is 0 Å². The summed E-state index contributed by atoms with van der Waals surface area (Å²) in [5, 5.41) is 0.900. The van der Waals surface area contributed by atoms with Crippen LogP contribution in [0.1, 0.15) is 11.4 Å². The highest BCUT2D eigenvalue weighted by atomic mass is 35.5. The molecule has 1 heterocycles. The summed E-state index contributed by atoms with van der Waals surface area (Å²) in [5.74, 6) is 0.590. The van der Waals surface area contributed by atoms with E-state index in [1.807, 2.05) is 0 Å². The third-order valence-electron chi connectivity index (χ3n) is 2.70. The molecular formula is C14H13Cl2N3O. The second kappa shape index (κ2) is 6.59.